The van der Waals surface area contributed by atoms with E-state index in [0.717, 1.165) is 40.2 Å². The largest absolute Gasteiger partial charge is 0.492 e. The van der Waals surface area contributed by atoms with E-state index in [1.165, 1.54) is 32.4 Å². The maximum absolute atomic E-state index is 11.1. The Morgan fingerprint density at radius 2 is 1.64 bits per heavy atom. The third kappa shape index (κ3) is 4.73. The van der Waals surface area contributed by atoms with E-state index in [2.05, 4.69) is 15.0 Å². The summed E-state index contributed by atoms with van der Waals surface area (Å²) in [5.41, 5.74) is 4.70. The van der Waals surface area contributed by atoms with Gasteiger partial charge in [-0.05, 0) is 61.3 Å². The van der Waals surface area contributed by atoms with Crippen molar-refractivity contribution in [3.05, 3.63) is 72.7 Å². The summed E-state index contributed by atoms with van der Waals surface area (Å²) in [7, 11) is 0. The van der Waals surface area contributed by atoms with E-state index in [4.69, 9.17) is 9.84 Å². The number of piperidine rings is 1. The fraction of sp³-hybridized carbons (Fsp3) is 0.269. The number of hydrogen-bond acceptors (Lipinski definition) is 5. The first kappa shape index (κ1) is 21.2. The summed E-state index contributed by atoms with van der Waals surface area (Å²) in [4.78, 5) is 18.2. The predicted octanol–water partition coefficient (Wildman–Crippen LogP) is 4.63. The van der Waals surface area contributed by atoms with Crippen LogP contribution >= 0.6 is 0 Å². The summed E-state index contributed by atoms with van der Waals surface area (Å²) >= 11 is 0. The maximum atomic E-state index is 11.1. The van der Waals surface area contributed by atoms with Gasteiger partial charge in [0.15, 0.2) is 5.65 Å². The number of ether oxygens (including phenoxy) is 1. The molecule has 0 atom stereocenters. The Balaban J connectivity index is 1.27. The number of carboxylic acids is 1. The van der Waals surface area contributed by atoms with Gasteiger partial charge >= 0.3 is 5.97 Å². The number of aromatic carboxylic acids is 1. The zero-order valence-corrected chi connectivity index (χ0v) is 18.4. The molecule has 5 rings (SSSR count). The summed E-state index contributed by atoms with van der Waals surface area (Å²) < 4.78 is 7.68. The van der Waals surface area contributed by atoms with Gasteiger partial charge < -0.3 is 9.84 Å². The highest BCUT2D eigenvalue weighted by molar-refractivity contribution is 5.89. The van der Waals surface area contributed by atoms with Crippen LogP contribution in [0.15, 0.2) is 67.1 Å². The molecule has 1 aliphatic heterocycles. The standard InChI is InChI=1S/C26H26N4O3/c31-26(32)21-6-4-20(5-7-21)24-17-28-30-18-22(16-27-25(24)30)19-8-10-23(11-9-19)33-15-14-29-12-2-1-3-13-29/h4-11,16-18H,1-3,12-15H2,(H,31,32). The predicted molar refractivity (Wildman–Crippen MR) is 127 cm³/mol. The second-order valence-electron chi connectivity index (χ2n) is 8.33. The minimum Gasteiger partial charge on any atom is -0.492 e. The van der Waals surface area contributed by atoms with Gasteiger partial charge in [0.1, 0.15) is 12.4 Å². The number of benzene rings is 2. The molecule has 33 heavy (non-hydrogen) atoms. The molecule has 3 heterocycles. The molecule has 1 N–H and O–H groups in total. The van der Waals surface area contributed by atoms with E-state index >= 15 is 0 Å². The molecular formula is C26H26N4O3. The normalized spacial score (nSPS) is 14.4. The topological polar surface area (TPSA) is 80.0 Å². The van der Waals surface area contributed by atoms with Crippen LogP contribution < -0.4 is 4.74 Å². The smallest absolute Gasteiger partial charge is 0.335 e. The van der Waals surface area contributed by atoms with Gasteiger partial charge in [-0.15, -0.1) is 0 Å². The van der Waals surface area contributed by atoms with Crippen molar-refractivity contribution in [2.75, 3.05) is 26.2 Å². The van der Waals surface area contributed by atoms with Crippen LogP contribution in [0.5, 0.6) is 5.75 Å². The molecule has 7 heteroatoms. The van der Waals surface area contributed by atoms with E-state index in [1.807, 2.05) is 36.7 Å². The highest BCUT2D eigenvalue weighted by atomic mass is 16.5. The lowest BCUT2D eigenvalue weighted by Crippen LogP contribution is -2.33. The maximum Gasteiger partial charge on any atom is 0.335 e. The number of hydrogen-bond donors (Lipinski definition) is 1. The third-order valence-electron chi connectivity index (χ3n) is 6.11. The monoisotopic (exact) mass is 442 g/mol. The SMILES string of the molecule is O=C(O)c1ccc(-c2cnn3cc(-c4ccc(OCCN5CCCCC5)cc4)cnc23)cc1. The molecular weight excluding hydrogens is 416 g/mol. The minimum absolute atomic E-state index is 0.254. The molecule has 1 aliphatic rings. The number of carbonyl (C=O) groups is 1. The van der Waals surface area contributed by atoms with E-state index in [1.54, 1.807) is 35.0 Å². The van der Waals surface area contributed by atoms with E-state index in [9.17, 15) is 4.79 Å². The zero-order chi connectivity index (χ0) is 22.6. The molecule has 0 amide bonds. The molecule has 4 aromatic rings. The van der Waals surface area contributed by atoms with Gasteiger partial charge in [-0.3, -0.25) is 4.90 Å². The first-order valence-corrected chi connectivity index (χ1v) is 11.3. The van der Waals surface area contributed by atoms with Crippen LogP contribution in [0.3, 0.4) is 0 Å². The Morgan fingerprint density at radius 3 is 2.36 bits per heavy atom. The van der Waals surface area contributed by atoms with Gasteiger partial charge in [-0.25, -0.2) is 14.3 Å². The van der Waals surface area contributed by atoms with Crippen molar-refractivity contribution in [3.8, 4) is 28.0 Å². The number of carboxylic acid groups (broad SMARTS) is 1. The second-order valence-corrected chi connectivity index (χ2v) is 8.33. The zero-order valence-electron chi connectivity index (χ0n) is 18.4. The summed E-state index contributed by atoms with van der Waals surface area (Å²) in [6, 6.07) is 14.8. The Labute approximate surface area is 192 Å². The van der Waals surface area contributed by atoms with Gasteiger partial charge in [0.2, 0.25) is 0 Å². The van der Waals surface area contributed by atoms with Gasteiger partial charge in [0.05, 0.1) is 11.8 Å². The Morgan fingerprint density at radius 1 is 0.909 bits per heavy atom. The van der Waals surface area contributed by atoms with E-state index in [-0.39, 0.29) is 5.56 Å². The Kier molecular flexibility index (Phi) is 6.04. The number of nitrogens with zero attached hydrogens (tertiary/aromatic N) is 4. The molecule has 0 radical (unpaired) electrons. The van der Waals surface area contributed by atoms with Crippen LogP contribution in [0.25, 0.3) is 27.9 Å². The fourth-order valence-electron chi connectivity index (χ4n) is 4.24. The molecule has 168 valence electrons. The van der Waals surface area contributed by atoms with Crippen LogP contribution in [-0.2, 0) is 0 Å². The third-order valence-corrected chi connectivity index (χ3v) is 6.11. The fourth-order valence-corrected chi connectivity index (χ4v) is 4.24. The van der Waals surface area contributed by atoms with Gasteiger partial charge in [0.25, 0.3) is 0 Å². The lowest BCUT2D eigenvalue weighted by Gasteiger charge is -2.26. The molecule has 7 nitrogen and oxygen atoms in total. The summed E-state index contributed by atoms with van der Waals surface area (Å²) in [6.07, 6.45) is 9.46. The molecule has 0 unspecified atom stereocenters. The van der Waals surface area contributed by atoms with Crippen molar-refractivity contribution in [1.29, 1.82) is 0 Å². The van der Waals surface area contributed by atoms with Crippen molar-refractivity contribution in [2.24, 2.45) is 0 Å². The van der Waals surface area contributed by atoms with Crippen LogP contribution in [-0.4, -0.2) is 56.8 Å². The van der Waals surface area contributed by atoms with E-state index < -0.39 is 5.97 Å². The van der Waals surface area contributed by atoms with Gasteiger partial charge in [-0.2, -0.15) is 5.10 Å². The summed E-state index contributed by atoms with van der Waals surface area (Å²) in [6.45, 7) is 4.04. The van der Waals surface area contributed by atoms with Crippen LogP contribution in [0.4, 0.5) is 0 Å². The first-order chi connectivity index (χ1) is 16.2. The molecule has 2 aromatic heterocycles. The highest BCUT2D eigenvalue weighted by Gasteiger charge is 2.12. The summed E-state index contributed by atoms with van der Waals surface area (Å²) in [5.74, 6) is -0.0708. The summed E-state index contributed by atoms with van der Waals surface area (Å²) in [5, 5.41) is 13.5. The second kappa shape index (κ2) is 9.42. The molecule has 1 saturated heterocycles. The first-order valence-electron chi connectivity index (χ1n) is 11.3. The van der Waals surface area contributed by atoms with Crippen molar-refractivity contribution in [1.82, 2.24) is 19.5 Å². The number of fused-ring (bicyclic) bond motifs is 1. The minimum atomic E-state index is -0.942. The van der Waals surface area contributed by atoms with Gasteiger partial charge in [-0.1, -0.05) is 30.7 Å². The molecule has 1 fully saturated rings. The Bertz CT molecular complexity index is 1240. The lowest BCUT2D eigenvalue weighted by molar-refractivity contribution is 0.0697. The highest BCUT2D eigenvalue weighted by Crippen LogP contribution is 2.27. The van der Waals surface area contributed by atoms with Crippen LogP contribution in [0.2, 0.25) is 0 Å². The van der Waals surface area contributed by atoms with Crippen molar-refractivity contribution >= 4 is 11.6 Å². The quantitative estimate of drug-likeness (QED) is 0.450. The average molecular weight is 443 g/mol. The van der Waals surface area contributed by atoms with E-state index in [0.29, 0.717) is 6.61 Å². The molecule has 0 bridgehead atoms. The average Bonchev–Trinajstić information content (AvgIpc) is 3.28. The molecule has 0 spiro atoms. The van der Waals surface area contributed by atoms with Crippen LogP contribution in [0.1, 0.15) is 29.6 Å². The molecule has 2 aromatic carbocycles. The molecule has 0 saturated carbocycles. The van der Waals surface area contributed by atoms with Crippen molar-refractivity contribution in [3.63, 3.8) is 0 Å². The van der Waals surface area contributed by atoms with Gasteiger partial charge in [0, 0.05) is 30.1 Å². The number of aromatic nitrogens is 3. The van der Waals surface area contributed by atoms with Crippen molar-refractivity contribution < 1.29 is 14.6 Å². The Hall–Kier alpha value is -3.71. The van der Waals surface area contributed by atoms with Crippen LogP contribution in [0, 0.1) is 0 Å². The number of rotatable bonds is 7. The lowest BCUT2D eigenvalue weighted by atomic mass is 10.1. The van der Waals surface area contributed by atoms with Crippen molar-refractivity contribution in [2.45, 2.75) is 19.3 Å². The molecule has 0 aliphatic carbocycles. The number of likely N-dealkylation sites (tertiary alicyclic amines) is 1.